The van der Waals surface area contributed by atoms with Gasteiger partial charge in [-0.05, 0) is 80.6 Å². The predicted molar refractivity (Wildman–Crippen MR) is 108 cm³/mol. The van der Waals surface area contributed by atoms with E-state index in [0.717, 1.165) is 44.9 Å². The minimum atomic E-state index is -0.478. The molecule has 0 aromatic rings. The summed E-state index contributed by atoms with van der Waals surface area (Å²) in [7, 11) is 0. The molecule has 0 aromatic heterocycles. The molecule has 28 heavy (non-hydrogen) atoms. The van der Waals surface area contributed by atoms with Gasteiger partial charge in [-0.3, -0.25) is 4.79 Å². The minimum Gasteiger partial charge on any atom is -0.434 e. The van der Waals surface area contributed by atoms with Gasteiger partial charge in [0.05, 0.1) is 6.61 Å². The molecular formula is C24H36O4. The van der Waals surface area contributed by atoms with Crippen LogP contribution in [-0.2, 0) is 14.3 Å². The molecule has 0 unspecified atom stereocenters. The van der Waals surface area contributed by atoms with Gasteiger partial charge in [0.1, 0.15) is 6.10 Å². The summed E-state index contributed by atoms with van der Waals surface area (Å²) in [6.45, 7) is 7.31. The van der Waals surface area contributed by atoms with Gasteiger partial charge in [-0.2, -0.15) is 0 Å². The van der Waals surface area contributed by atoms with E-state index in [4.69, 9.17) is 9.47 Å². The van der Waals surface area contributed by atoms with Gasteiger partial charge in [0.15, 0.2) is 5.78 Å². The molecule has 0 spiro atoms. The van der Waals surface area contributed by atoms with Crippen molar-refractivity contribution in [1.29, 1.82) is 0 Å². The molecule has 6 atom stereocenters. The summed E-state index contributed by atoms with van der Waals surface area (Å²) in [4.78, 5) is 24.1. The number of fused-ring (bicyclic) bond motifs is 5. The van der Waals surface area contributed by atoms with Crippen LogP contribution in [0.2, 0.25) is 0 Å². The smallest absolute Gasteiger partial charge is 0.434 e. The number of carbonyl (C=O) groups is 2. The van der Waals surface area contributed by atoms with Crippen LogP contribution in [0.4, 0.5) is 4.79 Å². The largest absolute Gasteiger partial charge is 0.508 e. The fraction of sp³-hybridized carbons (Fsp3) is 0.833. The Labute approximate surface area is 169 Å². The van der Waals surface area contributed by atoms with E-state index >= 15 is 0 Å². The van der Waals surface area contributed by atoms with E-state index in [0.29, 0.717) is 36.6 Å². The van der Waals surface area contributed by atoms with E-state index in [-0.39, 0.29) is 16.9 Å². The fourth-order valence-electron chi connectivity index (χ4n) is 7.15. The van der Waals surface area contributed by atoms with Crippen LogP contribution < -0.4 is 0 Å². The maximum absolute atomic E-state index is 12.2. The summed E-state index contributed by atoms with van der Waals surface area (Å²) in [5.74, 6) is 2.31. The maximum Gasteiger partial charge on any atom is 0.508 e. The Kier molecular flexibility index (Phi) is 5.35. The van der Waals surface area contributed by atoms with Gasteiger partial charge in [-0.25, -0.2) is 4.79 Å². The fourth-order valence-corrected chi connectivity index (χ4v) is 7.15. The highest BCUT2D eigenvalue weighted by atomic mass is 16.7. The van der Waals surface area contributed by atoms with Crippen molar-refractivity contribution >= 4 is 11.9 Å². The Balaban J connectivity index is 1.47. The van der Waals surface area contributed by atoms with E-state index < -0.39 is 6.16 Å². The third-order valence-electron chi connectivity index (χ3n) is 8.83. The first-order chi connectivity index (χ1) is 13.4. The van der Waals surface area contributed by atoms with Gasteiger partial charge >= 0.3 is 6.16 Å². The highest BCUT2D eigenvalue weighted by Gasteiger charge is 2.60. The highest BCUT2D eigenvalue weighted by Crippen LogP contribution is 2.65. The first-order valence-electron chi connectivity index (χ1n) is 11.5. The van der Waals surface area contributed by atoms with Gasteiger partial charge in [0, 0.05) is 11.8 Å². The van der Waals surface area contributed by atoms with E-state index in [9.17, 15) is 9.59 Å². The molecule has 4 rings (SSSR count). The second-order valence-corrected chi connectivity index (χ2v) is 10.1. The molecule has 4 aliphatic carbocycles. The molecular weight excluding hydrogens is 352 g/mol. The van der Waals surface area contributed by atoms with Gasteiger partial charge in [-0.1, -0.05) is 32.8 Å². The van der Waals surface area contributed by atoms with Gasteiger partial charge in [0.25, 0.3) is 0 Å². The van der Waals surface area contributed by atoms with Crippen LogP contribution in [0.15, 0.2) is 11.6 Å². The molecule has 0 aromatic carbocycles. The third-order valence-corrected chi connectivity index (χ3v) is 8.83. The van der Waals surface area contributed by atoms with Crippen molar-refractivity contribution < 1.29 is 19.1 Å². The Morgan fingerprint density at radius 1 is 1.11 bits per heavy atom. The van der Waals surface area contributed by atoms with Crippen LogP contribution >= 0.6 is 0 Å². The lowest BCUT2D eigenvalue weighted by molar-refractivity contribution is -0.118. The topological polar surface area (TPSA) is 52.6 Å². The predicted octanol–water partition coefficient (Wildman–Crippen LogP) is 5.84. The summed E-state index contributed by atoms with van der Waals surface area (Å²) >= 11 is 0. The van der Waals surface area contributed by atoms with E-state index in [1.54, 1.807) is 0 Å². The molecule has 4 nitrogen and oxygen atoms in total. The van der Waals surface area contributed by atoms with Crippen LogP contribution in [-0.4, -0.2) is 24.6 Å². The summed E-state index contributed by atoms with van der Waals surface area (Å²) in [5.41, 5.74) is 1.70. The third kappa shape index (κ3) is 3.21. The number of allylic oxidation sites excluding steroid dienone is 1. The van der Waals surface area contributed by atoms with Gasteiger partial charge in [0.2, 0.25) is 0 Å². The molecule has 0 saturated heterocycles. The molecule has 3 fully saturated rings. The highest BCUT2D eigenvalue weighted by molar-refractivity contribution is 5.91. The van der Waals surface area contributed by atoms with Crippen molar-refractivity contribution in [3.8, 4) is 0 Å². The van der Waals surface area contributed by atoms with E-state index in [2.05, 4.69) is 20.8 Å². The van der Waals surface area contributed by atoms with Gasteiger partial charge < -0.3 is 9.47 Å². The molecule has 3 saturated carbocycles. The second-order valence-electron chi connectivity index (χ2n) is 10.1. The Hall–Kier alpha value is -1.32. The summed E-state index contributed by atoms with van der Waals surface area (Å²) < 4.78 is 11.1. The number of hydrogen-bond donors (Lipinski definition) is 0. The normalized spacial score (nSPS) is 42.1. The Morgan fingerprint density at radius 2 is 1.93 bits per heavy atom. The standard InChI is InChI=1S/C24H36O4/c1-4-5-14-27-22(26)28-21-9-8-19-18-7-6-16-15-17(25)10-12-23(16,2)20(18)11-13-24(19,21)3/h15,18-21H,4-14H2,1-3H3/t18-,19-,20-,21-,23-,24-/m0/s1. The Morgan fingerprint density at radius 3 is 2.71 bits per heavy atom. The van der Waals surface area contributed by atoms with Crippen LogP contribution in [0.25, 0.3) is 0 Å². The van der Waals surface area contributed by atoms with Crippen LogP contribution in [0, 0.1) is 28.6 Å². The number of ketones is 1. The van der Waals surface area contributed by atoms with Crippen molar-refractivity contribution in [3.05, 3.63) is 11.6 Å². The molecule has 0 N–H and O–H groups in total. The van der Waals surface area contributed by atoms with Crippen molar-refractivity contribution in [1.82, 2.24) is 0 Å². The van der Waals surface area contributed by atoms with Crippen molar-refractivity contribution in [3.63, 3.8) is 0 Å². The minimum absolute atomic E-state index is 0.00902. The quantitative estimate of drug-likeness (QED) is 0.448. The summed E-state index contributed by atoms with van der Waals surface area (Å²) in [6.07, 6.45) is 11.8. The first kappa shape index (κ1) is 20.0. The number of hydrogen-bond acceptors (Lipinski definition) is 4. The van der Waals surface area contributed by atoms with E-state index in [1.165, 1.54) is 18.4 Å². The average molecular weight is 389 g/mol. The van der Waals surface area contributed by atoms with Crippen LogP contribution in [0.3, 0.4) is 0 Å². The van der Waals surface area contributed by atoms with Crippen LogP contribution in [0.1, 0.15) is 85.0 Å². The maximum atomic E-state index is 12.2. The molecule has 0 bridgehead atoms. The zero-order chi connectivity index (χ0) is 19.9. The molecule has 0 aliphatic heterocycles. The van der Waals surface area contributed by atoms with Gasteiger partial charge in [-0.15, -0.1) is 0 Å². The first-order valence-corrected chi connectivity index (χ1v) is 11.5. The number of carbonyl (C=O) groups excluding carboxylic acids is 2. The van der Waals surface area contributed by atoms with Crippen molar-refractivity contribution in [2.24, 2.45) is 28.6 Å². The zero-order valence-corrected chi connectivity index (χ0v) is 17.8. The number of rotatable bonds is 4. The van der Waals surface area contributed by atoms with E-state index in [1.807, 2.05) is 6.08 Å². The number of unbranched alkanes of at least 4 members (excludes halogenated alkanes) is 1. The van der Waals surface area contributed by atoms with Crippen molar-refractivity contribution in [2.45, 2.75) is 91.1 Å². The lowest BCUT2D eigenvalue weighted by Crippen LogP contribution is -2.51. The zero-order valence-electron chi connectivity index (χ0n) is 17.8. The second kappa shape index (κ2) is 7.50. The van der Waals surface area contributed by atoms with Crippen molar-refractivity contribution in [2.75, 3.05) is 6.61 Å². The molecule has 4 heteroatoms. The molecule has 4 aliphatic rings. The monoisotopic (exact) mass is 388 g/mol. The molecule has 0 radical (unpaired) electrons. The average Bonchev–Trinajstić information content (AvgIpc) is 2.99. The lowest BCUT2D eigenvalue weighted by Gasteiger charge is -2.57. The molecule has 0 amide bonds. The summed E-state index contributed by atoms with van der Waals surface area (Å²) in [5, 5.41) is 0. The molecule has 0 heterocycles. The number of ether oxygens (including phenoxy) is 2. The lowest BCUT2D eigenvalue weighted by atomic mass is 9.47. The van der Waals surface area contributed by atoms with Crippen LogP contribution in [0.5, 0.6) is 0 Å². The SMILES string of the molecule is CCCCOC(=O)O[C@H]1CC[C@H]2[C@@H]3CCC4=CC(=O)CC[C@]4(C)[C@H]3CC[C@]12C. The molecule has 156 valence electrons. The summed E-state index contributed by atoms with van der Waals surface area (Å²) in [6, 6.07) is 0. The Bertz CT molecular complexity index is 668.